The first-order chi connectivity index (χ1) is 37.6. The van der Waals surface area contributed by atoms with Crippen molar-refractivity contribution < 1.29 is 8.83 Å². The molecule has 11 aromatic carbocycles. The van der Waals surface area contributed by atoms with Gasteiger partial charge in [0.25, 0.3) is 0 Å². The highest BCUT2D eigenvalue weighted by molar-refractivity contribution is 7.26. The van der Waals surface area contributed by atoms with Gasteiger partial charge in [-0.1, -0.05) is 182 Å². The van der Waals surface area contributed by atoms with Crippen LogP contribution < -0.4 is 0 Å². The monoisotopic (exact) mass is 988 g/mol. The molecule has 354 valence electrons. The minimum Gasteiger partial charge on any atom is -0.456 e. The van der Waals surface area contributed by atoms with Gasteiger partial charge in [0, 0.05) is 80.4 Å². The molecule has 76 heavy (non-hydrogen) atoms. The van der Waals surface area contributed by atoms with Gasteiger partial charge in [-0.15, -0.1) is 11.3 Å². The minimum atomic E-state index is 0.566. The summed E-state index contributed by atoms with van der Waals surface area (Å²) in [5.74, 6) is 1.74. The maximum atomic E-state index is 6.63. The van der Waals surface area contributed by atoms with Gasteiger partial charge < -0.3 is 13.4 Å². The van der Waals surface area contributed by atoms with Crippen LogP contribution in [0.15, 0.2) is 251 Å². The zero-order valence-corrected chi connectivity index (χ0v) is 41.4. The Morgan fingerprint density at radius 1 is 0.316 bits per heavy atom. The highest BCUT2D eigenvalue weighted by Gasteiger charge is 2.21. The van der Waals surface area contributed by atoms with Crippen molar-refractivity contribution in [2.24, 2.45) is 0 Å². The van der Waals surface area contributed by atoms with Crippen LogP contribution in [0.25, 0.3) is 159 Å². The van der Waals surface area contributed by atoms with Crippen molar-refractivity contribution >= 4 is 97.2 Å². The maximum Gasteiger partial charge on any atom is 0.164 e. The Morgan fingerprint density at radius 3 is 1.75 bits per heavy atom. The van der Waals surface area contributed by atoms with E-state index in [1.54, 1.807) is 0 Å². The molecule has 0 N–H and O–H groups in total. The Balaban J connectivity index is 0.820. The van der Waals surface area contributed by atoms with E-state index in [1.807, 2.05) is 65.9 Å². The summed E-state index contributed by atoms with van der Waals surface area (Å²) >= 11 is 1.87. The molecule has 0 saturated heterocycles. The normalized spacial score (nSPS) is 11.9. The Labute approximate surface area is 439 Å². The van der Waals surface area contributed by atoms with Crippen molar-refractivity contribution in [1.29, 1.82) is 0 Å². The van der Waals surface area contributed by atoms with Gasteiger partial charge in [0.05, 0.1) is 11.0 Å². The number of rotatable bonds is 7. The number of hydrogen-bond donors (Lipinski definition) is 0. The number of nitrogens with zero attached hydrogens (tertiary/aromatic N) is 4. The molecule has 0 aliphatic heterocycles. The Morgan fingerprint density at radius 2 is 0.908 bits per heavy atom. The summed E-state index contributed by atoms with van der Waals surface area (Å²) in [6, 6.07) is 85.7. The molecule has 0 fully saturated rings. The fraction of sp³-hybridized carbons (Fsp3) is 0. The van der Waals surface area contributed by atoms with Crippen molar-refractivity contribution in [2.45, 2.75) is 0 Å². The average Bonchev–Trinajstić information content (AvgIpc) is 4.29. The quantitative estimate of drug-likeness (QED) is 0.159. The number of fused-ring (bicyclic) bond motifs is 12. The van der Waals surface area contributed by atoms with Crippen LogP contribution in [-0.4, -0.2) is 19.5 Å². The highest BCUT2D eigenvalue weighted by atomic mass is 32.1. The summed E-state index contributed by atoms with van der Waals surface area (Å²) in [5.41, 5.74) is 16.1. The second kappa shape index (κ2) is 16.8. The molecule has 0 bridgehead atoms. The molecule has 0 radical (unpaired) electrons. The van der Waals surface area contributed by atoms with Gasteiger partial charge in [0.15, 0.2) is 17.5 Å². The maximum absolute atomic E-state index is 6.63. The first-order valence-corrected chi connectivity index (χ1v) is 26.3. The Hall–Kier alpha value is -9.95. The van der Waals surface area contributed by atoms with E-state index in [-0.39, 0.29) is 0 Å². The molecule has 7 heteroatoms. The summed E-state index contributed by atoms with van der Waals surface area (Å²) in [6.45, 7) is 0. The molecule has 0 saturated carbocycles. The van der Waals surface area contributed by atoms with Crippen molar-refractivity contribution in [3.8, 4) is 73.2 Å². The third-order valence-corrected chi connectivity index (χ3v) is 16.3. The van der Waals surface area contributed by atoms with Gasteiger partial charge in [0.1, 0.15) is 22.3 Å². The van der Waals surface area contributed by atoms with Crippen LogP contribution in [0.2, 0.25) is 0 Å². The van der Waals surface area contributed by atoms with Crippen LogP contribution in [0, 0.1) is 0 Å². The standard InChI is InChI=1S/C69H40N4O2S/c1-3-14-42(15-4-1)67-70-68(43-30-28-41(29-31-43)48-20-11-22-53-51-18-7-9-25-60(51)75-65(48)53)72-69(71-67)55-24-13-26-62-64(55)57-39-45(34-37-61(57)74-62)44-33-36-58-56(38-44)50-35-32-46(40-59(50)73(58)47-16-5-2-6-17-47)49-21-12-23-54-52-19-8-10-27-63(52)76-66(49)54/h1-40H. The molecule has 5 heterocycles. The van der Waals surface area contributed by atoms with Gasteiger partial charge in [-0.25, -0.2) is 15.0 Å². The number of para-hydroxylation sites is 3. The van der Waals surface area contributed by atoms with Gasteiger partial charge >= 0.3 is 0 Å². The van der Waals surface area contributed by atoms with Crippen molar-refractivity contribution in [3.63, 3.8) is 0 Å². The number of furan rings is 2. The van der Waals surface area contributed by atoms with E-state index in [1.165, 1.54) is 42.1 Å². The summed E-state index contributed by atoms with van der Waals surface area (Å²) in [7, 11) is 0. The highest BCUT2D eigenvalue weighted by Crippen LogP contribution is 2.44. The molecular weight excluding hydrogens is 949 g/mol. The molecule has 6 nitrogen and oxygen atoms in total. The number of aromatic nitrogens is 4. The van der Waals surface area contributed by atoms with Crippen LogP contribution in [-0.2, 0) is 0 Å². The lowest BCUT2D eigenvalue weighted by atomic mass is 9.98. The van der Waals surface area contributed by atoms with Crippen LogP contribution in [0.4, 0.5) is 0 Å². The van der Waals surface area contributed by atoms with E-state index in [2.05, 4.69) is 193 Å². The summed E-state index contributed by atoms with van der Waals surface area (Å²) < 4.78 is 18.1. The largest absolute Gasteiger partial charge is 0.456 e. The number of hydrogen-bond acceptors (Lipinski definition) is 6. The van der Waals surface area contributed by atoms with Crippen LogP contribution in [0.1, 0.15) is 0 Å². The lowest BCUT2D eigenvalue weighted by Gasteiger charge is -2.10. The molecular formula is C69H40N4O2S. The molecule has 5 aromatic heterocycles. The summed E-state index contributed by atoms with van der Waals surface area (Å²) in [4.78, 5) is 15.6. The molecule has 0 amide bonds. The Bertz CT molecular complexity index is 4990. The van der Waals surface area contributed by atoms with Gasteiger partial charge in [-0.3, -0.25) is 0 Å². The molecule has 0 atom stereocenters. The zero-order valence-electron chi connectivity index (χ0n) is 40.6. The molecule has 0 unspecified atom stereocenters. The van der Waals surface area contributed by atoms with Crippen LogP contribution >= 0.6 is 11.3 Å². The molecule has 0 aliphatic rings. The molecule has 0 aliphatic carbocycles. The second-order valence-electron chi connectivity index (χ2n) is 19.4. The number of thiophene rings is 1. The van der Waals surface area contributed by atoms with E-state index in [4.69, 9.17) is 23.8 Å². The van der Waals surface area contributed by atoms with Crippen molar-refractivity contribution in [3.05, 3.63) is 243 Å². The predicted molar refractivity (Wildman–Crippen MR) is 314 cm³/mol. The molecule has 16 aromatic rings. The zero-order chi connectivity index (χ0) is 49.8. The molecule has 0 spiro atoms. The summed E-state index contributed by atoms with van der Waals surface area (Å²) in [5, 5.41) is 9.13. The topological polar surface area (TPSA) is 69.9 Å². The van der Waals surface area contributed by atoms with Gasteiger partial charge in [0.2, 0.25) is 0 Å². The summed E-state index contributed by atoms with van der Waals surface area (Å²) in [6.07, 6.45) is 0. The smallest absolute Gasteiger partial charge is 0.164 e. The predicted octanol–water partition coefficient (Wildman–Crippen LogP) is 19.1. The van der Waals surface area contributed by atoms with Crippen LogP contribution in [0.3, 0.4) is 0 Å². The first-order valence-electron chi connectivity index (χ1n) is 25.5. The van der Waals surface area contributed by atoms with E-state index < -0.39 is 0 Å². The average molecular weight is 989 g/mol. The van der Waals surface area contributed by atoms with E-state index in [9.17, 15) is 0 Å². The Kier molecular flexibility index (Phi) is 9.40. The SMILES string of the molecule is c1ccc(-c2nc(-c3ccc(-c4cccc5c4oc4ccccc45)cc3)nc(-c3cccc4oc5ccc(-c6ccc7c(c6)c6ccc(-c8cccc9c8sc8ccccc89)cc6n7-c6ccccc6)cc5c34)n2)cc1. The van der Waals surface area contributed by atoms with Gasteiger partial charge in [-0.2, -0.15) is 0 Å². The fourth-order valence-corrected chi connectivity index (χ4v) is 12.7. The fourth-order valence-electron chi connectivity index (χ4n) is 11.5. The first kappa shape index (κ1) is 42.5. The van der Waals surface area contributed by atoms with E-state index in [0.717, 1.165) is 99.5 Å². The van der Waals surface area contributed by atoms with Gasteiger partial charge in [-0.05, 0) is 88.5 Å². The number of benzene rings is 11. The third kappa shape index (κ3) is 6.69. The minimum absolute atomic E-state index is 0.566. The third-order valence-electron chi connectivity index (χ3n) is 15.1. The molecule has 16 rings (SSSR count). The van der Waals surface area contributed by atoms with E-state index >= 15 is 0 Å². The lowest BCUT2D eigenvalue weighted by molar-refractivity contribution is 0.669. The lowest BCUT2D eigenvalue weighted by Crippen LogP contribution is -2.00. The van der Waals surface area contributed by atoms with E-state index in [0.29, 0.717) is 17.5 Å². The second-order valence-corrected chi connectivity index (χ2v) is 20.5. The van der Waals surface area contributed by atoms with Crippen molar-refractivity contribution in [1.82, 2.24) is 19.5 Å². The van der Waals surface area contributed by atoms with Crippen LogP contribution in [0.5, 0.6) is 0 Å². The van der Waals surface area contributed by atoms with Crippen molar-refractivity contribution in [2.75, 3.05) is 0 Å².